The second-order valence-electron chi connectivity index (χ2n) is 17.4. The van der Waals surface area contributed by atoms with Crippen LogP contribution < -0.4 is 4.90 Å². The number of anilines is 3. The molecule has 4 aromatic carbocycles. The molecule has 4 heterocycles. The van der Waals surface area contributed by atoms with E-state index in [-0.39, 0.29) is 29.2 Å². The lowest BCUT2D eigenvalue weighted by Crippen LogP contribution is -2.34. The van der Waals surface area contributed by atoms with Gasteiger partial charge in [-0.25, -0.2) is 4.79 Å². The zero-order chi connectivity index (χ0) is 47.6. The van der Waals surface area contributed by atoms with E-state index < -0.39 is 5.97 Å². The van der Waals surface area contributed by atoms with Crippen LogP contribution in [-0.4, -0.2) is 45.8 Å². The van der Waals surface area contributed by atoms with Crippen LogP contribution in [0.1, 0.15) is 120 Å². The van der Waals surface area contributed by atoms with Gasteiger partial charge in [-0.1, -0.05) is 126 Å². The van der Waals surface area contributed by atoms with E-state index in [1.807, 2.05) is 82.6 Å². The van der Waals surface area contributed by atoms with E-state index >= 15 is 9.59 Å². The van der Waals surface area contributed by atoms with Gasteiger partial charge in [0.05, 0.1) is 47.6 Å². The van der Waals surface area contributed by atoms with Crippen molar-refractivity contribution >= 4 is 68.9 Å². The lowest BCUT2D eigenvalue weighted by atomic mass is 9.98. The Morgan fingerprint density at radius 2 is 0.956 bits per heavy atom. The number of para-hydroxylation sites is 2. The maximum Gasteiger partial charge on any atom is 0.335 e. The maximum absolute atomic E-state index is 15.2. The number of carboxylic acids is 1. The second-order valence-corrected chi connectivity index (χ2v) is 19.5. The first-order valence-corrected chi connectivity index (χ1v) is 25.5. The highest BCUT2D eigenvalue weighted by Gasteiger charge is 2.50. The summed E-state index contributed by atoms with van der Waals surface area (Å²) in [6.07, 6.45) is 8.12. The van der Waals surface area contributed by atoms with Crippen molar-refractivity contribution in [3.63, 3.8) is 0 Å². The van der Waals surface area contributed by atoms with Crippen LogP contribution in [0.4, 0.5) is 17.1 Å². The minimum absolute atomic E-state index is 0.127. The Bertz CT molecular complexity index is 2900. The third-order valence-corrected chi connectivity index (χ3v) is 14.8. The molecule has 0 fully saturated rings. The van der Waals surface area contributed by atoms with Gasteiger partial charge in [0.25, 0.3) is 11.8 Å². The van der Waals surface area contributed by atoms with Crippen LogP contribution in [-0.2, 0) is 9.59 Å². The van der Waals surface area contributed by atoms with Crippen molar-refractivity contribution < 1.29 is 19.5 Å². The van der Waals surface area contributed by atoms with Crippen LogP contribution in [0.25, 0.3) is 11.4 Å². The summed E-state index contributed by atoms with van der Waals surface area (Å²) in [4.78, 5) is 51.2. The number of hydrogen-bond acceptors (Lipinski definition) is 6. The summed E-state index contributed by atoms with van der Waals surface area (Å²) in [5.41, 5.74) is 7.28. The fraction of sp³-hybridized carbons (Fsp3) is 0.271. The molecule has 68 heavy (non-hydrogen) atoms. The van der Waals surface area contributed by atoms with Crippen molar-refractivity contribution in [3.05, 3.63) is 181 Å². The fourth-order valence-corrected chi connectivity index (χ4v) is 10.8. The number of fused-ring (bicyclic) bond motifs is 1. The molecule has 2 aliphatic heterocycles. The highest BCUT2D eigenvalue weighted by Crippen LogP contribution is 2.49. The van der Waals surface area contributed by atoms with Crippen LogP contribution in [0.5, 0.6) is 0 Å². The monoisotopic (exact) mass is 935 g/mol. The average molecular weight is 936 g/mol. The molecule has 6 aromatic rings. The molecule has 0 radical (unpaired) electrons. The molecule has 0 aliphatic carbocycles. The number of amides is 2. The summed E-state index contributed by atoms with van der Waals surface area (Å²) in [6.45, 7) is 9.81. The van der Waals surface area contributed by atoms with E-state index in [4.69, 9.17) is 0 Å². The zero-order valence-electron chi connectivity index (χ0n) is 39.3. The molecule has 7 nitrogen and oxygen atoms in total. The molecular formula is C59H57N3O4S2. The highest BCUT2D eigenvalue weighted by molar-refractivity contribution is 7.14. The van der Waals surface area contributed by atoms with Crippen molar-refractivity contribution in [2.75, 3.05) is 18.0 Å². The lowest BCUT2D eigenvalue weighted by Gasteiger charge is -2.29. The molecule has 9 heteroatoms. The SMILES string of the molecule is CCCCC(CC)CN1C(=O)C2=C(c3ccc(C#Cc4ccc(N(c5ccccc5)c5ccccc5)cc4)s3)N(CC(CC)CCCC)C(=O)C2=C1c1ccc(C#Cc2ccc(C(=O)O)cc2)s1. The molecule has 2 unspecified atom stereocenters. The Labute approximate surface area is 409 Å². The average Bonchev–Trinajstić information content (AvgIpc) is 4.16. The molecule has 2 aliphatic rings. The highest BCUT2D eigenvalue weighted by atomic mass is 32.1. The standard InChI is InChI=1S/C59H57N3O4S2/c1-5-9-17-41(7-3)39-60-55(51-37-35-49(67-51)33-27-43-23-29-45(30-24-43)59(65)66)53-54(58(60)64)56(61(57(53)63)40-42(8-4)18-10-6-2)52-38-36-50(68-52)34-28-44-25-31-48(32-26-44)62(46-19-13-11-14-20-46)47-21-15-12-16-22-47/h11-16,19-26,29-32,35-38,41-42H,5-10,17-18,39-40H2,1-4H3,(H,65,66). The van der Waals surface area contributed by atoms with E-state index in [1.165, 1.54) is 22.7 Å². The molecule has 2 amide bonds. The van der Waals surface area contributed by atoms with Gasteiger partial charge in [0.1, 0.15) is 0 Å². The molecular weight excluding hydrogens is 879 g/mol. The smallest absolute Gasteiger partial charge is 0.335 e. The van der Waals surface area contributed by atoms with Crippen LogP contribution in [0.15, 0.2) is 145 Å². The molecule has 0 bridgehead atoms. The third-order valence-electron chi connectivity index (χ3n) is 12.8. The number of aromatic carboxylic acids is 1. The van der Waals surface area contributed by atoms with Gasteiger partial charge in [-0.15, -0.1) is 22.7 Å². The Kier molecular flexibility index (Phi) is 15.6. The van der Waals surface area contributed by atoms with Gasteiger partial charge in [-0.3, -0.25) is 9.59 Å². The van der Waals surface area contributed by atoms with Gasteiger partial charge in [-0.2, -0.15) is 0 Å². The summed E-state index contributed by atoms with van der Waals surface area (Å²) in [6, 6.07) is 43.4. The summed E-state index contributed by atoms with van der Waals surface area (Å²) in [5, 5.41) is 9.35. The summed E-state index contributed by atoms with van der Waals surface area (Å²) in [7, 11) is 0. The quantitative estimate of drug-likeness (QED) is 0.0869. The first kappa shape index (κ1) is 47.6. The number of thiophene rings is 2. The van der Waals surface area contributed by atoms with Crippen molar-refractivity contribution in [3.8, 4) is 23.7 Å². The summed E-state index contributed by atoms with van der Waals surface area (Å²) in [5.74, 6) is 12.5. The molecule has 1 N–H and O–H groups in total. The topological polar surface area (TPSA) is 81.2 Å². The van der Waals surface area contributed by atoms with E-state index in [0.29, 0.717) is 41.2 Å². The fourth-order valence-electron chi connectivity index (χ4n) is 8.93. The van der Waals surface area contributed by atoms with Crippen LogP contribution in [0, 0.1) is 35.5 Å². The van der Waals surface area contributed by atoms with Gasteiger partial charge in [0.15, 0.2) is 0 Å². The number of nitrogens with zero attached hydrogens (tertiary/aromatic N) is 3. The van der Waals surface area contributed by atoms with Crippen molar-refractivity contribution in [1.82, 2.24) is 9.80 Å². The Hall–Kier alpha value is -6.91. The summed E-state index contributed by atoms with van der Waals surface area (Å²) >= 11 is 3.00. The van der Waals surface area contributed by atoms with E-state index in [0.717, 1.165) is 93.5 Å². The van der Waals surface area contributed by atoms with E-state index in [9.17, 15) is 9.90 Å². The molecule has 344 valence electrons. The van der Waals surface area contributed by atoms with Crippen LogP contribution in [0.2, 0.25) is 0 Å². The maximum atomic E-state index is 15.2. The molecule has 0 saturated carbocycles. The number of carbonyl (C=O) groups is 3. The molecule has 2 aromatic heterocycles. The predicted molar refractivity (Wildman–Crippen MR) is 279 cm³/mol. The van der Waals surface area contributed by atoms with Gasteiger partial charge in [0, 0.05) is 41.3 Å². The predicted octanol–water partition coefficient (Wildman–Crippen LogP) is 14.0. The first-order valence-electron chi connectivity index (χ1n) is 23.9. The van der Waals surface area contributed by atoms with Gasteiger partial charge < -0.3 is 19.8 Å². The minimum atomic E-state index is -0.985. The Morgan fingerprint density at radius 1 is 0.544 bits per heavy atom. The Morgan fingerprint density at radius 3 is 1.35 bits per heavy atom. The number of carboxylic acid groups (broad SMARTS) is 1. The normalized spacial score (nSPS) is 14.1. The van der Waals surface area contributed by atoms with E-state index in [2.05, 4.69) is 92.7 Å². The van der Waals surface area contributed by atoms with Gasteiger partial charge in [0.2, 0.25) is 0 Å². The lowest BCUT2D eigenvalue weighted by molar-refractivity contribution is -0.124. The number of benzene rings is 4. The summed E-state index contributed by atoms with van der Waals surface area (Å²) < 4.78 is 0. The van der Waals surface area contributed by atoms with Crippen molar-refractivity contribution in [1.29, 1.82) is 0 Å². The number of hydrogen-bond donors (Lipinski definition) is 1. The molecule has 0 spiro atoms. The Balaban J connectivity index is 1.17. The third kappa shape index (κ3) is 10.6. The molecule has 8 rings (SSSR count). The molecule has 0 saturated heterocycles. The largest absolute Gasteiger partial charge is 0.478 e. The zero-order valence-corrected chi connectivity index (χ0v) is 40.9. The van der Waals surface area contributed by atoms with Gasteiger partial charge >= 0.3 is 5.97 Å². The number of rotatable bonds is 18. The van der Waals surface area contributed by atoms with Crippen LogP contribution >= 0.6 is 22.7 Å². The molecule has 2 atom stereocenters. The van der Waals surface area contributed by atoms with E-state index in [1.54, 1.807) is 24.3 Å². The second kappa shape index (κ2) is 22.3. The van der Waals surface area contributed by atoms with Crippen LogP contribution in [0.3, 0.4) is 0 Å². The van der Waals surface area contributed by atoms with Gasteiger partial charge in [-0.05, 0) is 122 Å². The minimum Gasteiger partial charge on any atom is -0.478 e. The van der Waals surface area contributed by atoms with Crippen molar-refractivity contribution in [2.45, 2.75) is 79.1 Å². The van der Waals surface area contributed by atoms with Crippen molar-refractivity contribution in [2.24, 2.45) is 11.8 Å². The number of carbonyl (C=O) groups excluding carboxylic acids is 2. The number of unbranched alkanes of at least 4 members (excludes halogenated alkanes) is 2. The first-order chi connectivity index (χ1) is 33.2.